The predicted octanol–water partition coefficient (Wildman–Crippen LogP) is 3.27. The topological polar surface area (TPSA) is 115 Å². The lowest BCUT2D eigenvalue weighted by atomic mass is 9.77. The van der Waals surface area contributed by atoms with Gasteiger partial charge in [0.15, 0.2) is 17.2 Å². The molecule has 15 heteroatoms. The van der Waals surface area contributed by atoms with E-state index in [1.807, 2.05) is 0 Å². The molecule has 2 aromatic rings. The van der Waals surface area contributed by atoms with Gasteiger partial charge < -0.3 is 20.5 Å². The standard InChI is InChI=1S/C21H18F7N3O5/c1-8-13(10-3-4-11(22)14(23)15(10)35-19(24)25)16(36-20(8,2)21(26,27)28)18(33)30-9-5-6-31(34)12(7-9)17(29)32/h3-8,13,16,19,34H,1-2H3,(H2,29,32)/p+1/t8-,13-,16-,20+/m1/s1. The molecule has 1 aromatic carbocycles. The summed E-state index contributed by atoms with van der Waals surface area (Å²) in [5.41, 5.74) is 0.713. The summed E-state index contributed by atoms with van der Waals surface area (Å²) in [7, 11) is 0. The van der Waals surface area contributed by atoms with Crippen LogP contribution < -0.4 is 20.5 Å². The van der Waals surface area contributed by atoms with E-state index in [0.29, 0.717) is 17.7 Å². The lowest BCUT2D eigenvalue weighted by molar-refractivity contribution is -0.905. The molecule has 1 aliphatic rings. The van der Waals surface area contributed by atoms with Crippen molar-refractivity contribution in [1.29, 1.82) is 0 Å². The third-order valence-corrected chi connectivity index (χ3v) is 6.03. The maximum atomic E-state index is 14.4. The second-order valence-electron chi connectivity index (χ2n) is 8.11. The maximum Gasteiger partial charge on any atom is 0.417 e. The van der Waals surface area contributed by atoms with Gasteiger partial charge in [-0.25, -0.2) is 4.39 Å². The Labute approximate surface area is 198 Å². The van der Waals surface area contributed by atoms with Gasteiger partial charge >= 0.3 is 24.4 Å². The van der Waals surface area contributed by atoms with E-state index in [9.17, 15) is 45.5 Å². The smallest absolute Gasteiger partial charge is 0.417 e. The SMILES string of the molecule is C[C@@H]1[C@H](c2ccc(F)c(F)c2OC(F)F)[C@H](C(=O)Nc2cc[n+](O)c(C(N)=O)c2)O[C@]1(C)C(F)(F)F. The van der Waals surface area contributed by atoms with Crippen LogP contribution in [-0.2, 0) is 9.53 Å². The predicted molar refractivity (Wildman–Crippen MR) is 105 cm³/mol. The van der Waals surface area contributed by atoms with Gasteiger partial charge in [-0.3, -0.25) is 14.8 Å². The van der Waals surface area contributed by atoms with Gasteiger partial charge in [-0.15, -0.1) is 0 Å². The molecule has 2 amide bonds. The molecular formula is C21H19F7N3O5+. The molecule has 8 nitrogen and oxygen atoms in total. The molecule has 36 heavy (non-hydrogen) atoms. The molecule has 196 valence electrons. The summed E-state index contributed by atoms with van der Waals surface area (Å²) >= 11 is 0. The van der Waals surface area contributed by atoms with Crippen LogP contribution in [0.2, 0.25) is 0 Å². The summed E-state index contributed by atoms with van der Waals surface area (Å²) < 4.78 is 105. The number of aromatic nitrogens is 1. The Bertz CT molecular complexity index is 1190. The number of hydrogen-bond acceptors (Lipinski definition) is 5. The van der Waals surface area contributed by atoms with Crippen molar-refractivity contribution in [2.75, 3.05) is 5.32 Å². The first-order valence-electron chi connectivity index (χ1n) is 10.1. The van der Waals surface area contributed by atoms with Crippen molar-refractivity contribution in [1.82, 2.24) is 0 Å². The Morgan fingerprint density at radius 1 is 1.25 bits per heavy atom. The molecule has 0 saturated carbocycles. The molecule has 0 unspecified atom stereocenters. The van der Waals surface area contributed by atoms with Crippen molar-refractivity contribution >= 4 is 17.5 Å². The zero-order chi connectivity index (χ0) is 27.2. The zero-order valence-corrected chi connectivity index (χ0v) is 18.4. The van der Waals surface area contributed by atoms with Crippen molar-refractivity contribution in [3.63, 3.8) is 0 Å². The zero-order valence-electron chi connectivity index (χ0n) is 18.4. The van der Waals surface area contributed by atoms with E-state index in [0.717, 1.165) is 31.3 Å². The Morgan fingerprint density at radius 2 is 1.89 bits per heavy atom. The minimum absolute atomic E-state index is 0.205. The molecule has 1 aliphatic heterocycles. The van der Waals surface area contributed by atoms with Crippen LogP contribution in [0.1, 0.15) is 35.8 Å². The summed E-state index contributed by atoms with van der Waals surface area (Å²) in [6, 6.07) is 3.18. The lowest BCUT2D eigenvalue weighted by Crippen LogP contribution is -2.47. The normalized spacial score (nSPS) is 24.1. The number of rotatable bonds is 6. The molecule has 0 bridgehead atoms. The van der Waals surface area contributed by atoms with E-state index >= 15 is 0 Å². The Balaban J connectivity index is 2.11. The quantitative estimate of drug-likeness (QED) is 0.304. The number of nitrogens with zero attached hydrogens (tertiary/aromatic N) is 1. The first-order valence-corrected chi connectivity index (χ1v) is 10.1. The Kier molecular flexibility index (Phi) is 7.08. The third kappa shape index (κ3) is 4.74. The minimum Gasteiger partial charge on any atom is -0.431 e. The van der Waals surface area contributed by atoms with Crippen LogP contribution in [0.4, 0.5) is 36.4 Å². The lowest BCUT2D eigenvalue weighted by Gasteiger charge is -2.32. The highest BCUT2D eigenvalue weighted by molar-refractivity contribution is 5.97. The van der Waals surface area contributed by atoms with Crippen LogP contribution in [0.3, 0.4) is 0 Å². The first-order chi connectivity index (χ1) is 16.6. The number of benzene rings is 1. The number of pyridine rings is 1. The number of amides is 2. The van der Waals surface area contributed by atoms with Crippen molar-refractivity contribution in [2.24, 2.45) is 11.7 Å². The van der Waals surface area contributed by atoms with Gasteiger partial charge in [-0.1, -0.05) is 13.0 Å². The number of ether oxygens (including phenoxy) is 2. The van der Waals surface area contributed by atoms with Crippen LogP contribution >= 0.6 is 0 Å². The number of halogens is 7. The van der Waals surface area contributed by atoms with E-state index in [-0.39, 0.29) is 5.69 Å². The molecule has 0 radical (unpaired) electrons. The van der Waals surface area contributed by atoms with E-state index < -0.39 is 76.8 Å². The van der Waals surface area contributed by atoms with Gasteiger partial charge in [0.2, 0.25) is 12.0 Å². The van der Waals surface area contributed by atoms with Crippen LogP contribution in [-0.4, -0.2) is 41.5 Å². The molecular weight excluding hydrogens is 507 g/mol. The van der Waals surface area contributed by atoms with E-state index in [4.69, 9.17) is 10.5 Å². The summed E-state index contributed by atoms with van der Waals surface area (Å²) in [6.07, 6.45) is -6.25. The number of nitrogens with two attached hydrogens (primary N) is 1. The molecule has 1 saturated heterocycles. The number of anilines is 1. The molecule has 0 spiro atoms. The molecule has 2 heterocycles. The van der Waals surface area contributed by atoms with Gasteiger partial charge in [-0.05, 0) is 13.0 Å². The second-order valence-corrected chi connectivity index (χ2v) is 8.11. The van der Waals surface area contributed by atoms with E-state index in [1.165, 1.54) is 0 Å². The number of alkyl halides is 5. The van der Waals surface area contributed by atoms with Gasteiger partial charge in [0, 0.05) is 34.3 Å². The fraction of sp³-hybridized carbons (Fsp3) is 0.381. The molecule has 0 aliphatic carbocycles. The fourth-order valence-electron chi connectivity index (χ4n) is 4.01. The van der Waals surface area contributed by atoms with Crippen molar-refractivity contribution in [3.8, 4) is 5.75 Å². The van der Waals surface area contributed by atoms with Crippen molar-refractivity contribution in [2.45, 2.75) is 44.3 Å². The summed E-state index contributed by atoms with van der Waals surface area (Å²) in [4.78, 5) is 24.5. The average Bonchev–Trinajstić information content (AvgIpc) is 3.04. The number of primary amides is 1. The van der Waals surface area contributed by atoms with Crippen LogP contribution in [0.25, 0.3) is 0 Å². The highest BCUT2D eigenvalue weighted by Gasteiger charge is 2.66. The number of carbonyl (C=O) groups excluding carboxylic acids is 2. The second kappa shape index (κ2) is 9.44. The molecule has 4 atom stereocenters. The Morgan fingerprint density at radius 3 is 2.44 bits per heavy atom. The van der Waals surface area contributed by atoms with Gasteiger partial charge in [0.05, 0.1) is 5.69 Å². The highest BCUT2D eigenvalue weighted by atomic mass is 19.4. The Hall–Kier alpha value is -3.62. The number of hydrogen-bond donors (Lipinski definition) is 3. The summed E-state index contributed by atoms with van der Waals surface area (Å²) in [6.45, 7) is -2.05. The number of nitrogens with one attached hydrogen (secondary N) is 1. The minimum atomic E-state index is -5.07. The number of carbonyl (C=O) groups is 2. The van der Waals surface area contributed by atoms with Gasteiger partial charge in [0.1, 0.15) is 6.10 Å². The van der Waals surface area contributed by atoms with Crippen LogP contribution in [0, 0.1) is 17.6 Å². The molecule has 1 fully saturated rings. The van der Waals surface area contributed by atoms with E-state index in [1.54, 1.807) is 0 Å². The van der Waals surface area contributed by atoms with Crippen LogP contribution in [0.5, 0.6) is 5.75 Å². The molecule has 1 aromatic heterocycles. The highest BCUT2D eigenvalue weighted by Crippen LogP contribution is 2.55. The molecule has 4 N–H and O–H groups in total. The van der Waals surface area contributed by atoms with Gasteiger partial charge in [-0.2, -0.15) is 26.3 Å². The van der Waals surface area contributed by atoms with Crippen LogP contribution in [0.15, 0.2) is 30.5 Å². The monoisotopic (exact) mass is 526 g/mol. The van der Waals surface area contributed by atoms with Crippen molar-refractivity contribution < 1.29 is 59.7 Å². The summed E-state index contributed by atoms with van der Waals surface area (Å²) in [5.74, 6) is -10.7. The summed E-state index contributed by atoms with van der Waals surface area (Å²) in [5, 5.41) is 11.8. The average molecular weight is 526 g/mol. The largest absolute Gasteiger partial charge is 0.431 e. The first kappa shape index (κ1) is 27.0. The third-order valence-electron chi connectivity index (χ3n) is 6.03. The van der Waals surface area contributed by atoms with Crippen molar-refractivity contribution in [3.05, 3.63) is 53.4 Å². The van der Waals surface area contributed by atoms with Gasteiger partial charge in [0.25, 0.3) is 5.91 Å². The maximum absolute atomic E-state index is 14.4. The van der Waals surface area contributed by atoms with E-state index in [2.05, 4.69) is 10.1 Å². The molecule has 3 rings (SSSR count). The fourth-order valence-corrected chi connectivity index (χ4v) is 4.01.